The molecule has 0 amide bonds. The molecule has 1 aromatic rings. The second-order valence-electron chi connectivity index (χ2n) is 5.93. The quantitative estimate of drug-likeness (QED) is 0.636. The van der Waals surface area contributed by atoms with Crippen LogP contribution in [0.25, 0.3) is 0 Å². The predicted octanol–water partition coefficient (Wildman–Crippen LogP) is 2.46. The second kappa shape index (κ2) is 7.00. The van der Waals surface area contributed by atoms with E-state index in [0.717, 1.165) is 44.1 Å². The van der Waals surface area contributed by atoms with Crippen molar-refractivity contribution in [3.8, 4) is 0 Å². The molecule has 0 saturated heterocycles. The summed E-state index contributed by atoms with van der Waals surface area (Å²) in [5.74, 6) is 0.183. The molecule has 0 radical (unpaired) electrons. The van der Waals surface area contributed by atoms with Gasteiger partial charge in [0, 0.05) is 12.3 Å². The average Bonchev–Trinajstić information content (AvgIpc) is 2.95. The lowest BCUT2D eigenvalue weighted by molar-refractivity contribution is -0.139. The lowest BCUT2D eigenvalue weighted by atomic mass is 10.1. The molecular formula is C15H20F3N3O2S. The first-order valence-corrected chi connectivity index (χ1v) is 9.43. The van der Waals surface area contributed by atoms with Gasteiger partial charge in [-0.3, -0.25) is 0 Å². The number of aliphatic imine (C=N–C) groups is 1. The Morgan fingerprint density at radius 3 is 2.50 bits per heavy atom. The van der Waals surface area contributed by atoms with Crippen LogP contribution in [0.4, 0.5) is 13.2 Å². The zero-order valence-electron chi connectivity index (χ0n) is 13.2. The summed E-state index contributed by atoms with van der Waals surface area (Å²) in [5, 5.41) is 3.04. The van der Waals surface area contributed by atoms with E-state index in [1.54, 1.807) is 0 Å². The molecule has 1 fully saturated rings. The smallest absolute Gasteiger partial charge is 0.370 e. The van der Waals surface area contributed by atoms with Crippen molar-refractivity contribution in [2.24, 2.45) is 10.7 Å². The summed E-state index contributed by atoms with van der Waals surface area (Å²) in [6.07, 6.45) is 0.222. The summed E-state index contributed by atoms with van der Waals surface area (Å²) in [6.45, 7) is -0.0569. The lowest BCUT2D eigenvalue weighted by Gasteiger charge is -2.14. The third-order valence-corrected chi connectivity index (χ3v) is 5.04. The zero-order chi connectivity index (χ0) is 18.0. The minimum Gasteiger partial charge on any atom is -0.370 e. The van der Waals surface area contributed by atoms with Crippen molar-refractivity contribution in [2.45, 2.75) is 49.3 Å². The molecule has 0 spiro atoms. The van der Waals surface area contributed by atoms with Gasteiger partial charge in [-0.1, -0.05) is 18.9 Å². The summed E-state index contributed by atoms with van der Waals surface area (Å²) < 4.78 is 62.3. The van der Waals surface area contributed by atoms with E-state index in [2.05, 4.69) is 10.3 Å². The predicted molar refractivity (Wildman–Crippen MR) is 85.3 cm³/mol. The molecule has 0 heterocycles. The number of sulfone groups is 1. The maximum absolute atomic E-state index is 13.1. The van der Waals surface area contributed by atoms with Crippen LogP contribution in [0.3, 0.4) is 0 Å². The van der Waals surface area contributed by atoms with E-state index >= 15 is 0 Å². The summed E-state index contributed by atoms with van der Waals surface area (Å²) >= 11 is 0. The van der Waals surface area contributed by atoms with Gasteiger partial charge in [-0.15, -0.1) is 0 Å². The van der Waals surface area contributed by atoms with Gasteiger partial charge in [0.15, 0.2) is 15.8 Å². The highest BCUT2D eigenvalue weighted by Gasteiger charge is 2.36. The molecule has 2 rings (SSSR count). The van der Waals surface area contributed by atoms with Gasteiger partial charge in [-0.2, -0.15) is 13.2 Å². The third-order valence-electron chi connectivity index (χ3n) is 3.89. The van der Waals surface area contributed by atoms with Crippen molar-refractivity contribution in [1.29, 1.82) is 0 Å². The van der Waals surface area contributed by atoms with Gasteiger partial charge in [0.2, 0.25) is 0 Å². The summed E-state index contributed by atoms with van der Waals surface area (Å²) in [7, 11) is -3.97. The fourth-order valence-corrected chi connectivity index (χ4v) is 3.61. The molecule has 0 aliphatic heterocycles. The van der Waals surface area contributed by atoms with Gasteiger partial charge in [-0.25, -0.2) is 13.4 Å². The lowest BCUT2D eigenvalue weighted by Crippen LogP contribution is -2.38. The molecule has 1 aromatic carbocycles. The number of nitrogens with zero attached hydrogens (tertiary/aromatic N) is 1. The molecule has 5 nitrogen and oxygen atoms in total. The van der Waals surface area contributed by atoms with Crippen LogP contribution in [0.5, 0.6) is 0 Å². The van der Waals surface area contributed by atoms with Crippen molar-refractivity contribution in [3.05, 3.63) is 29.3 Å². The fraction of sp³-hybridized carbons (Fsp3) is 0.533. The number of benzene rings is 1. The minimum atomic E-state index is -4.76. The summed E-state index contributed by atoms with van der Waals surface area (Å²) in [6, 6.07) is 3.34. The summed E-state index contributed by atoms with van der Waals surface area (Å²) in [4.78, 5) is 3.30. The molecule has 134 valence electrons. The van der Waals surface area contributed by atoms with Crippen molar-refractivity contribution >= 4 is 15.8 Å². The topological polar surface area (TPSA) is 84.5 Å². The molecule has 3 N–H and O–H groups in total. The molecule has 1 saturated carbocycles. The number of alkyl halides is 3. The van der Waals surface area contributed by atoms with E-state index in [-0.39, 0.29) is 24.1 Å². The molecule has 24 heavy (non-hydrogen) atoms. The zero-order valence-corrected chi connectivity index (χ0v) is 14.0. The molecule has 9 heteroatoms. The Morgan fingerprint density at radius 1 is 1.33 bits per heavy atom. The Hall–Kier alpha value is -1.77. The minimum absolute atomic E-state index is 0.0569. The summed E-state index contributed by atoms with van der Waals surface area (Å²) in [5.41, 5.74) is 4.81. The molecule has 0 unspecified atom stereocenters. The molecule has 1 aliphatic rings. The number of nitrogens with two attached hydrogens (primary N) is 1. The monoisotopic (exact) mass is 363 g/mol. The van der Waals surface area contributed by atoms with Crippen LogP contribution in [0, 0.1) is 0 Å². The largest absolute Gasteiger partial charge is 0.417 e. The van der Waals surface area contributed by atoms with Gasteiger partial charge in [0.1, 0.15) is 0 Å². The van der Waals surface area contributed by atoms with Gasteiger partial charge in [-0.05, 0) is 30.5 Å². The van der Waals surface area contributed by atoms with Gasteiger partial charge in [0.25, 0.3) is 0 Å². The highest BCUT2D eigenvalue weighted by molar-refractivity contribution is 7.90. The van der Waals surface area contributed by atoms with Crippen molar-refractivity contribution in [2.75, 3.05) is 6.26 Å². The van der Waals surface area contributed by atoms with Gasteiger partial charge < -0.3 is 11.1 Å². The molecule has 0 aromatic heterocycles. The number of halogens is 3. The van der Waals surface area contributed by atoms with Crippen molar-refractivity contribution < 1.29 is 21.6 Å². The number of hydrogen-bond donors (Lipinski definition) is 2. The van der Waals surface area contributed by atoms with Crippen LogP contribution < -0.4 is 11.1 Å². The van der Waals surface area contributed by atoms with Gasteiger partial charge >= 0.3 is 6.18 Å². The normalized spacial score (nSPS) is 17.2. The Bertz CT molecular complexity index is 724. The first kappa shape index (κ1) is 18.6. The van der Waals surface area contributed by atoms with E-state index in [0.29, 0.717) is 0 Å². The molecular weight excluding hydrogens is 343 g/mol. The maximum Gasteiger partial charge on any atom is 0.417 e. The Morgan fingerprint density at radius 2 is 1.96 bits per heavy atom. The van der Waals surface area contributed by atoms with E-state index in [1.807, 2.05) is 0 Å². The molecule has 1 aliphatic carbocycles. The molecule has 0 atom stereocenters. The standard InChI is InChI=1S/C15H20F3N3O2S/c1-24(22,23)13-7-6-10(8-12(13)15(16,17)18)9-20-14(19)21-11-4-2-3-5-11/h6-8,11H,2-5,9H2,1H3,(H3,19,20,21). The van der Waals surface area contributed by atoms with Crippen LogP contribution in [0.15, 0.2) is 28.1 Å². The number of hydrogen-bond acceptors (Lipinski definition) is 3. The van der Waals surface area contributed by atoms with Crippen LogP contribution >= 0.6 is 0 Å². The first-order valence-electron chi connectivity index (χ1n) is 7.54. The first-order chi connectivity index (χ1) is 11.1. The average molecular weight is 363 g/mol. The van der Waals surface area contributed by atoms with Gasteiger partial charge in [0.05, 0.1) is 17.0 Å². The molecule has 0 bridgehead atoms. The Kier molecular flexibility index (Phi) is 5.42. The van der Waals surface area contributed by atoms with Crippen molar-refractivity contribution in [1.82, 2.24) is 5.32 Å². The maximum atomic E-state index is 13.1. The van der Waals surface area contributed by atoms with Crippen molar-refractivity contribution in [3.63, 3.8) is 0 Å². The van der Waals surface area contributed by atoms with E-state index in [9.17, 15) is 21.6 Å². The van der Waals surface area contributed by atoms with Crippen LogP contribution in [-0.4, -0.2) is 26.7 Å². The number of rotatable bonds is 4. The Balaban J connectivity index is 2.19. The highest BCUT2D eigenvalue weighted by Crippen LogP contribution is 2.35. The highest BCUT2D eigenvalue weighted by atomic mass is 32.2. The second-order valence-corrected chi connectivity index (χ2v) is 7.91. The SMILES string of the molecule is CS(=O)(=O)c1ccc(CN=C(N)NC2CCCC2)cc1C(F)(F)F. The Labute approximate surface area is 139 Å². The van der Waals surface area contributed by atoms with E-state index in [4.69, 9.17) is 5.73 Å². The third kappa shape index (κ3) is 4.86. The van der Waals surface area contributed by atoms with Crippen LogP contribution in [0.1, 0.15) is 36.8 Å². The van der Waals surface area contributed by atoms with Crippen LogP contribution in [-0.2, 0) is 22.6 Å². The van der Waals surface area contributed by atoms with E-state index < -0.39 is 26.5 Å². The number of guanidine groups is 1. The van der Waals surface area contributed by atoms with Crippen LogP contribution in [0.2, 0.25) is 0 Å². The fourth-order valence-electron chi connectivity index (χ4n) is 2.72. The number of nitrogens with one attached hydrogen (secondary N) is 1. The van der Waals surface area contributed by atoms with E-state index in [1.165, 1.54) is 6.07 Å².